The van der Waals surface area contributed by atoms with Crippen LogP contribution in [0.15, 0.2) is 77.9 Å². The Morgan fingerprint density at radius 2 is 1.86 bits per heavy atom. The van der Waals surface area contributed by atoms with Gasteiger partial charge in [0, 0.05) is 22.6 Å². The van der Waals surface area contributed by atoms with E-state index < -0.39 is 0 Å². The molecule has 3 aromatic rings. The Bertz CT molecular complexity index is 1050. The summed E-state index contributed by atoms with van der Waals surface area (Å²) in [7, 11) is 1.67. The van der Waals surface area contributed by atoms with E-state index in [-0.39, 0.29) is 12.3 Å². The van der Waals surface area contributed by atoms with Gasteiger partial charge in [-0.1, -0.05) is 41.9 Å². The molecule has 140 valence electrons. The summed E-state index contributed by atoms with van der Waals surface area (Å²) in [6.07, 6.45) is 0.524. The van der Waals surface area contributed by atoms with Crippen LogP contribution in [0.2, 0.25) is 5.02 Å². The van der Waals surface area contributed by atoms with Crippen molar-refractivity contribution in [2.75, 3.05) is 7.11 Å². The number of ether oxygens (including phenoxy) is 2. The summed E-state index contributed by atoms with van der Waals surface area (Å²) < 4.78 is 11.7. The third kappa shape index (κ3) is 2.90. The topological polar surface area (TPSA) is 34.1 Å². The number of hydrogen-bond acceptors (Lipinski definition) is 4. The molecule has 0 fully saturated rings. The van der Waals surface area contributed by atoms with E-state index in [2.05, 4.69) is 17.1 Å². The smallest absolute Gasteiger partial charge is 0.213 e. The number of methoxy groups -OCH3 is 1. The second-order valence-corrected chi connectivity index (χ2v) is 7.37. The fraction of sp³-hybridized carbons (Fsp3) is 0.174. The van der Waals surface area contributed by atoms with Crippen LogP contribution in [0.1, 0.15) is 35.4 Å². The first-order valence-electron chi connectivity index (χ1n) is 9.24. The first-order valence-corrected chi connectivity index (χ1v) is 9.62. The van der Waals surface area contributed by atoms with Gasteiger partial charge in [-0.3, -0.25) is 0 Å². The maximum atomic E-state index is 6.37. The summed E-state index contributed by atoms with van der Waals surface area (Å²) >= 11 is 6.21. The Balaban J connectivity index is 1.57. The van der Waals surface area contributed by atoms with E-state index in [0.717, 1.165) is 40.3 Å². The number of nitrogens with zero attached hydrogens (tertiary/aromatic N) is 2. The van der Waals surface area contributed by atoms with Gasteiger partial charge in [0.1, 0.15) is 11.5 Å². The van der Waals surface area contributed by atoms with E-state index in [0.29, 0.717) is 5.02 Å². The Hall–Kier alpha value is -2.98. The highest BCUT2D eigenvalue weighted by atomic mass is 35.5. The van der Waals surface area contributed by atoms with E-state index in [9.17, 15) is 0 Å². The Morgan fingerprint density at radius 1 is 1.04 bits per heavy atom. The molecule has 2 aliphatic rings. The zero-order valence-corrected chi connectivity index (χ0v) is 16.1. The molecule has 0 unspecified atom stereocenters. The summed E-state index contributed by atoms with van der Waals surface area (Å²) in [6, 6.07) is 24.2. The summed E-state index contributed by atoms with van der Waals surface area (Å²) in [5.74, 6) is 1.73. The van der Waals surface area contributed by atoms with Gasteiger partial charge in [-0.2, -0.15) is 5.10 Å². The van der Waals surface area contributed by atoms with Crippen LogP contribution in [0.5, 0.6) is 11.5 Å². The van der Waals surface area contributed by atoms with E-state index in [1.54, 1.807) is 7.11 Å². The van der Waals surface area contributed by atoms with Crippen molar-refractivity contribution in [3.05, 3.63) is 94.5 Å². The molecule has 0 saturated carbocycles. The number of hydrogen-bond donors (Lipinski definition) is 0. The van der Waals surface area contributed by atoms with Gasteiger partial charge in [0.15, 0.2) is 0 Å². The summed E-state index contributed by atoms with van der Waals surface area (Å²) in [5, 5.41) is 7.74. The largest absolute Gasteiger partial charge is 0.497 e. The number of rotatable bonds is 3. The lowest BCUT2D eigenvalue weighted by Crippen LogP contribution is -2.33. The minimum absolute atomic E-state index is 0.131. The normalized spacial score (nSPS) is 20.1. The van der Waals surface area contributed by atoms with Crippen molar-refractivity contribution in [3.63, 3.8) is 0 Å². The lowest BCUT2D eigenvalue weighted by atomic mass is 9.96. The Labute approximate surface area is 169 Å². The van der Waals surface area contributed by atoms with Crippen LogP contribution in [0.4, 0.5) is 0 Å². The summed E-state index contributed by atoms with van der Waals surface area (Å²) in [4.78, 5) is 0. The minimum Gasteiger partial charge on any atom is -0.497 e. The molecule has 2 atom stereocenters. The second kappa shape index (κ2) is 6.88. The minimum atomic E-state index is -0.289. The molecule has 0 spiro atoms. The number of benzene rings is 3. The molecule has 0 aliphatic carbocycles. The van der Waals surface area contributed by atoms with E-state index >= 15 is 0 Å². The average molecular weight is 391 g/mol. The van der Waals surface area contributed by atoms with Crippen molar-refractivity contribution in [2.45, 2.75) is 18.7 Å². The first kappa shape index (κ1) is 17.1. The standard InChI is InChI=1S/C23H19ClN2O2/c1-27-18-11-9-15(10-12-18)23-26-21(19-7-2-3-8-22(19)28-23)14-20(25-26)16-5-4-6-17(24)13-16/h2-13,21,23H,14H2,1H3/t21-,23-/m0/s1. The van der Waals surface area contributed by atoms with Crippen molar-refractivity contribution >= 4 is 17.3 Å². The number of halogens is 1. The predicted octanol–water partition coefficient (Wildman–Crippen LogP) is 5.59. The lowest BCUT2D eigenvalue weighted by Gasteiger charge is -2.38. The van der Waals surface area contributed by atoms with Crippen LogP contribution in [0.3, 0.4) is 0 Å². The maximum Gasteiger partial charge on any atom is 0.213 e. The number of hydrazone groups is 1. The van der Waals surface area contributed by atoms with Gasteiger partial charge < -0.3 is 9.47 Å². The molecule has 2 aliphatic heterocycles. The number of fused-ring (bicyclic) bond motifs is 3. The molecule has 28 heavy (non-hydrogen) atoms. The predicted molar refractivity (Wildman–Crippen MR) is 110 cm³/mol. The van der Waals surface area contributed by atoms with E-state index in [1.807, 2.05) is 60.7 Å². The van der Waals surface area contributed by atoms with Crippen LogP contribution >= 0.6 is 11.6 Å². The van der Waals surface area contributed by atoms with Gasteiger partial charge >= 0.3 is 0 Å². The monoisotopic (exact) mass is 390 g/mol. The molecule has 3 aromatic carbocycles. The zero-order valence-electron chi connectivity index (χ0n) is 15.4. The van der Waals surface area contributed by atoms with Gasteiger partial charge in [0.25, 0.3) is 0 Å². The van der Waals surface area contributed by atoms with Crippen molar-refractivity contribution in [2.24, 2.45) is 5.10 Å². The molecule has 0 aromatic heterocycles. The van der Waals surface area contributed by atoms with Crippen molar-refractivity contribution in [3.8, 4) is 11.5 Å². The molecule has 2 heterocycles. The van der Waals surface area contributed by atoms with Gasteiger partial charge in [0.2, 0.25) is 6.23 Å². The van der Waals surface area contributed by atoms with Crippen LogP contribution in [-0.2, 0) is 0 Å². The molecule has 0 bridgehead atoms. The first-order chi connectivity index (χ1) is 13.7. The highest BCUT2D eigenvalue weighted by molar-refractivity contribution is 6.31. The third-order valence-corrected chi connectivity index (χ3v) is 5.49. The quantitative estimate of drug-likeness (QED) is 0.584. The fourth-order valence-corrected chi connectivity index (χ4v) is 4.06. The summed E-state index contributed by atoms with van der Waals surface area (Å²) in [5.41, 5.74) is 4.27. The molecule has 4 nitrogen and oxygen atoms in total. The summed E-state index contributed by atoms with van der Waals surface area (Å²) in [6.45, 7) is 0. The van der Waals surface area contributed by atoms with Crippen LogP contribution < -0.4 is 9.47 Å². The van der Waals surface area contributed by atoms with Gasteiger partial charge in [-0.25, -0.2) is 5.01 Å². The van der Waals surface area contributed by atoms with E-state index in [1.165, 1.54) is 0 Å². The van der Waals surface area contributed by atoms with Crippen molar-refractivity contribution in [1.29, 1.82) is 0 Å². The molecule has 5 heteroatoms. The molecular weight excluding hydrogens is 372 g/mol. The zero-order chi connectivity index (χ0) is 19.1. The highest BCUT2D eigenvalue weighted by Gasteiger charge is 2.40. The molecular formula is C23H19ClN2O2. The maximum absolute atomic E-state index is 6.37. The Kier molecular flexibility index (Phi) is 4.21. The highest BCUT2D eigenvalue weighted by Crippen LogP contribution is 2.47. The van der Waals surface area contributed by atoms with Gasteiger partial charge in [0.05, 0.1) is 18.9 Å². The van der Waals surface area contributed by atoms with Gasteiger partial charge in [-0.15, -0.1) is 0 Å². The molecule has 0 N–H and O–H groups in total. The lowest BCUT2D eigenvalue weighted by molar-refractivity contribution is -0.0190. The molecule has 0 radical (unpaired) electrons. The Morgan fingerprint density at radius 3 is 2.64 bits per heavy atom. The second-order valence-electron chi connectivity index (χ2n) is 6.94. The van der Waals surface area contributed by atoms with Gasteiger partial charge in [-0.05, 0) is 48.0 Å². The number of para-hydroxylation sites is 1. The van der Waals surface area contributed by atoms with Crippen LogP contribution in [-0.4, -0.2) is 17.8 Å². The molecule has 5 rings (SSSR count). The SMILES string of the molecule is COc1ccc([C@@H]2Oc3ccccc3[C@@H]3CC(c4cccc(Cl)c4)=NN32)cc1. The van der Waals surface area contributed by atoms with Crippen molar-refractivity contribution in [1.82, 2.24) is 5.01 Å². The molecule has 0 saturated heterocycles. The molecule has 0 amide bonds. The third-order valence-electron chi connectivity index (χ3n) is 5.26. The van der Waals surface area contributed by atoms with Crippen LogP contribution in [0, 0.1) is 0 Å². The van der Waals surface area contributed by atoms with Crippen molar-refractivity contribution < 1.29 is 9.47 Å². The fourth-order valence-electron chi connectivity index (χ4n) is 3.87. The average Bonchev–Trinajstić information content (AvgIpc) is 3.19. The van der Waals surface area contributed by atoms with Crippen LogP contribution in [0.25, 0.3) is 0 Å². The van der Waals surface area contributed by atoms with E-state index in [4.69, 9.17) is 26.2 Å².